The first kappa shape index (κ1) is 16.2. The van der Waals surface area contributed by atoms with Crippen molar-refractivity contribution in [3.8, 4) is 0 Å². The Hall–Kier alpha value is -3.22. The predicted octanol–water partition coefficient (Wildman–Crippen LogP) is 2.39. The van der Waals surface area contributed by atoms with Crippen molar-refractivity contribution in [2.45, 2.75) is 13.0 Å². The van der Waals surface area contributed by atoms with Crippen LogP contribution in [0.4, 0.5) is 5.69 Å². The monoisotopic (exact) mass is 314 g/mol. The van der Waals surface area contributed by atoms with Gasteiger partial charge in [0.1, 0.15) is 0 Å². The van der Waals surface area contributed by atoms with Gasteiger partial charge < -0.3 is 10.6 Å². The fraction of sp³-hybridized carbons (Fsp3) is 0.385. The molecule has 1 unspecified atom stereocenters. The molecule has 23 heavy (non-hydrogen) atoms. The van der Waals surface area contributed by atoms with Crippen LogP contribution in [0.25, 0.3) is 20.9 Å². The van der Waals surface area contributed by atoms with Gasteiger partial charge in [0.15, 0.2) is 0 Å². The Balaban J connectivity index is 2.28. The second-order valence-electron chi connectivity index (χ2n) is 5.11. The van der Waals surface area contributed by atoms with E-state index in [-0.39, 0.29) is 30.6 Å². The van der Waals surface area contributed by atoms with E-state index in [2.05, 4.69) is 20.1 Å². The number of azide groups is 2. The Morgan fingerprint density at radius 3 is 2.70 bits per heavy atom. The van der Waals surface area contributed by atoms with Crippen LogP contribution in [-0.4, -0.2) is 29.8 Å². The molecule has 1 aliphatic heterocycles. The van der Waals surface area contributed by atoms with Gasteiger partial charge in [-0.3, -0.25) is 9.59 Å². The number of rotatable bonds is 5. The summed E-state index contributed by atoms with van der Waals surface area (Å²) in [6.07, 6.45) is 0.530. The van der Waals surface area contributed by atoms with E-state index in [1.165, 1.54) is 11.0 Å². The minimum Gasteiger partial charge on any atom is -0.369 e. The number of primary amides is 1. The van der Waals surface area contributed by atoms with Crippen LogP contribution in [0.5, 0.6) is 0 Å². The zero-order valence-corrected chi connectivity index (χ0v) is 12.2. The van der Waals surface area contributed by atoms with Crippen LogP contribution in [0.3, 0.4) is 0 Å². The number of amides is 2. The molecule has 118 valence electrons. The Morgan fingerprint density at radius 1 is 1.30 bits per heavy atom. The van der Waals surface area contributed by atoms with Crippen molar-refractivity contribution in [3.63, 3.8) is 0 Å². The second-order valence-corrected chi connectivity index (χ2v) is 5.11. The van der Waals surface area contributed by atoms with E-state index in [1.54, 1.807) is 12.1 Å². The molecule has 1 atom stereocenters. The van der Waals surface area contributed by atoms with Gasteiger partial charge in [-0.25, -0.2) is 0 Å². The maximum absolute atomic E-state index is 12.5. The van der Waals surface area contributed by atoms with Gasteiger partial charge in [-0.2, -0.15) is 0 Å². The molecule has 10 nitrogen and oxygen atoms in total. The van der Waals surface area contributed by atoms with E-state index >= 15 is 0 Å². The molecule has 1 aromatic carbocycles. The van der Waals surface area contributed by atoms with Gasteiger partial charge in [-0.15, -0.1) is 0 Å². The molecule has 2 amide bonds. The van der Waals surface area contributed by atoms with Gasteiger partial charge >= 0.3 is 0 Å². The standard InChI is InChI=1S/C13H14N8O2/c14-12(22)9-1-2-21(7-9)13(23)10-3-8(6-17-19-15)4-11(5-10)18-20-16/h3-5,9H,1-2,6-7H2,(H2,14,22). The molecule has 0 bridgehead atoms. The van der Waals surface area contributed by atoms with Gasteiger partial charge in [0.2, 0.25) is 5.91 Å². The molecule has 1 saturated heterocycles. The van der Waals surface area contributed by atoms with Crippen molar-refractivity contribution >= 4 is 17.5 Å². The summed E-state index contributed by atoms with van der Waals surface area (Å²) in [7, 11) is 0. The molecular formula is C13H14N8O2. The highest BCUT2D eigenvalue weighted by atomic mass is 16.2. The number of benzene rings is 1. The molecule has 2 rings (SSSR count). The molecule has 0 aromatic heterocycles. The third-order valence-corrected chi connectivity index (χ3v) is 3.58. The molecule has 2 N–H and O–H groups in total. The predicted molar refractivity (Wildman–Crippen MR) is 81.3 cm³/mol. The van der Waals surface area contributed by atoms with Crippen LogP contribution >= 0.6 is 0 Å². The Morgan fingerprint density at radius 2 is 2.09 bits per heavy atom. The molecule has 0 spiro atoms. The Labute approximate surface area is 131 Å². The van der Waals surface area contributed by atoms with Crippen LogP contribution in [-0.2, 0) is 11.3 Å². The fourth-order valence-corrected chi connectivity index (χ4v) is 2.47. The van der Waals surface area contributed by atoms with E-state index in [1.807, 2.05) is 0 Å². The van der Waals surface area contributed by atoms with E-state index in [4.69, 9.17) is 16.8 Å². The van der Waals surface area contributed by atoms with Crippen LogP contribution in [0.2, 0.25) is 0 Å². The maximum atomic E-state index is 12.5. The molecule has 0 radical (unpaired) electrons. The van der Waals surface area contributed by atoms with E-state index < -0.39 is 5.91 Å². The van der Waals surface area contributed by atoms with Gasteiger partial charge in [-0.1, -0.05) is 10.2 Å². The van der Waals surface area contributed by atoms with Gasteiger partial charge in [0, 0.05) is 34.2 Å². The van der Waals surface area contributed by atoms with Crippen LogP contribution < -0.4 is 5.73 Å². The number of carbonyl (C=O) groups excluding carboxylic acids is 2. The van der Waals surface area contributed by atoms with Crippen LogP contribution in [0, 0.1) is 5.92 Å². The first-order valence-corrected chi connectivity index (χ1v) is 6.83. The number of likely N-dealkylation sites (tertiary alicyclic amines) is 1. The van der Waals surface area contributed by atoms with Crippen molar-refractivity contribution < 1.29 is 9.59 Å². The number of hydrogen-bond donors (Lipinski definition) is 1. The lowest BCUT2D eigenvalue weighted by Crippen LogP contribution is -2.31. The van der Waals surface area contributed by atoms with Crippen molar-refractivity contribution in [2.75, 3.05) is 13.1 Å². The topological polar surface area (TPSA) is 161 Å². The SMILES string of the molecule is [N-]=[N+]=NCc1cc(N=[N+]=[N-])cc(C(=O)N2CCC(C(N)=O)C2)c1. The summed E-state index contributed by atoms with van der Waals surface area (Å²) in [4.78, 5) is 30.6. The van der Waals surface area contributed by atoms with Crippen molar-refractivity contribution in [1.29, 1.82) is 0 Å². The molecule has 0 saturated carbocycles. The minimum absolute atomic E-state index is 0.0372. The van der Waals surface area contributed by atoms with E-state index in [0.717, 1.165) is 0 Å². The van der Waals surface area contributed by atoms with E-state index in [0.29, 0.717) is 24.1 Å². The summed E-state index contributed by atoms with van der Waals surface area (Å²) < 4.78 is 0. The summed E-state index contributed by atoms with van der Waals surface area (Å²) >= 11 is 0. The Bertz CT molecular complexity index is 733. The van der Waals surface area contributed by atoms with E-state index in [9.17, 15) is 9.59 Å². The second kappa shape index (κ2) is 7.17. The van der Waals surface area contributed by atoms with Crippen molar-refractivity contribution in [1.82, 2.24) is 4.90 Å². The number of hydrogen-bond acceptors (Lipinski definition) is 4. The largest absolute Gasteiger partial charge is 0.369 e. The number of nitrogens with two attached hydrogens (primary N) is 1. The third-order valence-electron chi connectivity index (χ3n) is 3.58. The normalized spacial score (nSPS) is 16.3. The van der Waals surface area contributed by atoms with Gasteiger partial charge in [0.05, 0.1) is 12.5 Å². The molecule has 1 aliphatic rings. The maximum Gasteiger partial charge on any atom is 0.253 e. The highest BCUT2D eigenvalue weighted by Crippen LogP contribution is 2.23. The van der Waals surface area contributed by atoms with Gasteiger partial charge in [0.25, 0.3) is 5.91 Å². The third kappa shape index (κ3) is 3.91. The highest BCUT2D eigenvalue weighted by molar-refractivity contribution is 5.96. The fourth-order valence-electron chi connectivity index (χ4n) is 2.47. The molecule has 1 fully saturated rings. The average molecular weight is 314 g/mol. The zero-order valence-electron chi connectivity index (χ0n) is 12.2. The zero-order chi connectivity index (χ0) is 16.8. The first-order chi connectivity index (χ1) is 11.0. The smallest absolute Gasteiger partial charge is 0.253 e. The van der Waals surface area contributed by atoms with Gasteiger partial charge in [-0.05, 0) is 41.2 Å². The summed E-state index contributed by atoms with van der Waals surface area (Å²) in [6, 6.07) is 4.58. The van der Waals surface area contributed by atoms with Crippen molar-refractivity contribution in [3.05, 3.63) is 50.2 Å². The first-order valence-electron chi connectivity index (χ1n) is 6.83. The quantitative estimate of drug-likeness (QED) is 0.502. The lowest BCUT2D eigenvalue weighted by atomic mass is 10.1. The summed E-state index contributed by atoms with van der Waals surface area (Å²) in [5, 5.41) is 6.93. The highest BCUT2D eigenvalue weighted by Gasteiger charge is 2.30. The molecule has 1 heterocycles. The minimum atomic E-state index is -0.424. The summed E-state index contributed by atoms with van der Waals surface area (Å²) in [5.41, 5.74) is 23.3. The molecule has 10 heteroatoms. The summed E-state index contributed by atoms with van der Waals surface area (Å²) in [5.74, 6) is -1.06. The van der Waals surface area contributed by atoms with Crippen molar-refractivity contribution in [2.24, 2.45) is 21.9 Å². The molecule has 1 aromatic rings. The number of carbonyl (C=O) groups is 2. The average Bonchev–Trinajstić information content (AvgIpc) is 3.02. The lowest BCUT2D eigenvalue weighted by Gasteiger charge is -2.16. The molecule has 0 aliphatic carbocycles. The summed E-state index contributed by atoms with van der Waals surface area (Å²) in [6.45, 7) is 0.741. The van der Waals surface area contributed by atoms with Crippen LogP contribution in [0.1, 0.15) is 22.3 Å². The number of nitrogens with zero attached hydrogens (tertiary/aromatic N) is 7. The Kier molecular flexibility index (Phi) is 5.03. The lowest BCUT2D eigenvalue weighted by molar-refractivity contribution is -0.121. The molecular weight excluding hydrogens is 300 g/mol. The van der Waals surface area contributed by atoms with Crippen LogP contribution in [0.15, 0.2) is 28.4 Å².